The van der Waals surface area contributed by atoms with Gasteiger partial charge in [0.2, 0.25) is 0 Å². The van der Waals surface area contributed by atoms with E-state index in [1.807, 2.05) is 0 Å². The highest BCUT2D eigenvalue weighted by Crippen LogP contribution is 2.19. The first-order valence-corrected chi connectivity index (χ1v) is 3.46. The Hall–Kier alpha value is 0.180. The summed E-state index contributed by atoms with van der Waals surface area (Å²) in [5.41, 5.74) is 0. The molecule has 44 valence electrons. The van der Waals surface area contributed by atoms with Gasteiger partial charge in [-0.1, -0.05) is 6.85 Å². The highest BCUT2D eigenvalue weighted by atomic mass is 79.9. The van der Waals surface area contributed by atoms with Crippen molar-refractivity contribution in [2.45, 2.75) is 13.2 Å². The molecule has 0 aliphatic heterocycles. The third-order valence-electron chi connectivity index (χ3n) is 0.580. The van der Waals surface area contributed by atoms with Crippen LogP contribution in [0.4, 0.5) is 0 Å². The summed E-state index contributed by atoms with van der Waals surface area (Å²) < 4.78 is 51.1. The average molecular weight is 198 g/mol. The molecule has 0 nitrogen and oxygen atoms in total. The summed E-state index contributed by atoms with van der Waals surface area (Å²) in [7, 11) is 0. The van der Waals surface area contributed by atoms with Crippen LogP contribution in [0.25, 0.3) is 0 Å². The van der Waals surface area contributed by atoms with Gasteiger partial charge in [-0.25, -0.2) is 0 Å². The standard InChI is InChI=1S/C6H7BrS/c1-2-6-3-5(7)4-8-6/h3-4H,2H2,1H3/i1D3,2D2,3D,4D. The summed E-state index contributed by atoms with van der Waals surface area (Å²) in [4.78, 5) is -0.237. The molecule has 0 unspecified atom stereocenters. The molecule has 0 amide bonds. The Balaban J connectivity index is 3.34. The van der Waals surface area contributed by atoms with Crippen molar-refractivity contribution in [3.63, 3.8) is 0 Å². The van der Waals surface area contributed by atoms with Crippen LogP contribution in [0.2, 0.25) is 0 Å². The van der Waals surface area contributed by atoms with Gasteiger partial charge in [-0.2, -0.15) is 0 Å². The molecular formula is C6H7BrS. The molecule has 0 bridgehead atoms. The van der Waals surface area contributed by atoms with Gasteiger partial charge in [0.1, 0.15) is 0 Å². The number of hydrogen-bond acceptors (Lipinski definition) is 1. The lowest BCUT2D eigenvalue weighted by atomic mass is 10.4. The highest BCUT2D eigenvalue weighted by Gasteiger charge is 1.90. The van der Waals surface area contributed by atoms with Gasteiger partial charge < -0.3 is 0 Å². The minimum Gasteiger partial charge on any atom is -0.148 e. The lowest BCUT2D eigenvalue weighted by Gasteiger charge is -1.79. The van der Waals surface area contributed by atoms with Crippen molar-refractivity contribution < 1.29 is 9.60 Å². The highest BCUT2D eigenvalue weighted by molar-refractivity contribution is 9.10. The van der Waals surface area contributed by atoms with Crippen molar-refractivity contribution in [2.24, 2.45) is 0 Å². The Morgan fingerprint density at radius 1 is 2.25 bits per heavy atom. The quantitative estimate of drug-likeness (QED) is 0.650. The molecule has 0 aromatic carbocycles. The summed E-state index contributed by atoms with van der Waals surface area (Å²) in [5, 5.41) is -0.0388. The van der Waals surface area contributed by atoms with Gasteiger partial charge in [0.05, 0.1) is 2.74 Å². The van der Waals surface area contributed by atoms with Crippen LogP contribution in [0.15, 0.2) is 15.9 Å². The lowest BCUT2D eigenvalue weighted by Crippen LogP contribution is -1.64. The Morgan fingerprint density at radius 3 is 3.62 bits per heavy atom. The molecule has 1 aromatic heterocycles. The van der Waals surface area contributed by atoms with E-state index in [9.17, 15) is 0 Å². The third-order valence-corrected chi connectivity index (χ3v) is 1.95. The largest absolute Gasteiger partial charge is 0.148 e. The minimum absolute atomic E-state index is 0.0388. The average Bonchev–Trinajstić information content (AvgIpc) is 2.31. The van der Waals surface area contributed by atoms with Gasteiger partial charge >= 0.3 is 0 Å². The van der Waals surface area contributed by atoms with Crippen LogP contribution in [0.3, 0.4) is 0 Å². The zero-order chi connectivity index (χ0) is 12.0. The Morgan fingerprint density at radius 2 is 3.12 bits per heavy atom. The molecular weight excluding hydrogens is 184 g/mol. The number of aryl methyl sites for hydroxylation is 1. The fourth-order valence-electron chi connectivity index (χ4n) is 0.303. The van der Waals surface area contributed by atoms with Gasteiger partial charge in [0.15, 0.2) is 0 Å². The van der Waals surface area contributed by atoms with Gasteiger partial charge in [-0.15, -0.1) is 11.3 Å². The zero-order valence-corrected chi connectivity index (χ0v) is 6.19. The predicted octanol–water partition coefficient (Wildman–Crippen LogP) is 3.07. The van der Waals surface area contributed by atoms with E-state index in [0.717, 1.165) is 0 Å². The molecule has 0 saturated carbocycles. The fourth-order valence-corrected chi connectivity index (χ4v) is 1.32. The number of thiophene rings is 1. The fraction of sp³-hybridized carbons (Fsp3) is 0.333. The van der Waals surface area contributed by atoms with Gasteiger partial charge in [0.25, 0.3) is 0 Å². The molecule has 0 saturated heterocycles. The maximum Gasteiger partial charge on any atom is 0.0752 e. The molecule has 8 heavy (non-hydrogen) atoms. The number of hydrogen-bond donors (Lipinski definition) is 0. The van der Waals surface area contributed by atoms with E-state index in [4.69, 9.17) is 9.60 Å². The van der Waals surface area contributed by atoms with E-state index in [1.54, 1.807) is 0 Å². The van der Waals surface area contributed by atoms with E-state index in [-0.39, 0.29) is 20.7 Å². The normalized spacial score (nSPS) is 25.9. The molecule has 1 aromatic rings. The summed E-state index contributed by atoms with van der Waals surface area (Å²) in [5.74, 6) is 0. The molecule has 1 rings (SSSR count). The Kier molecular flexibility index (Phi) is 0.605. The molecule has 0 N–H and O–H groups in total. The second-order valence-electron chi connectivity index (χ2n) is 1.10. The summed E-state index contributed by atoms with van der Waals surface area (Å²) in [6.07, 6.45) is -2.59. The van der Waals surface area contributed by atoms with Crippen molar-refractivity contribution in [1.82, 2.24) is 0 Å². The molecule has 0 aliphatic rings. The first kappa shape index (κ1) is 1.83. The zero-order valence-electron chi connectivity index (χ0n) is 10.8. The molecule has 0 radical (unpaired) electrons. The van der Waals surface area contributed by atoms with E-state index in [2.05, 4.69) is 15.9 Å². The van der Waals surface area contributed by atoms with Crippen LogP contribution in [-0.2, 0) is 6.37 Å². The SMILES string of the molecule is [2H]c1sc(C([2H])([2H])C([2H])([2H])[2H])c([2H])c1Br. The van der Waals surface area contributed by atoms with Crippen LogP contribution in [-0.4, -0.2) is 0 Å². The lowest BCUT2D eigenvalue weighted by molar-refractivity contribution is 1.18. The minimum atomic E-state index is -2.83. The summed E-state index contributed by atoms with van der Waals surface area (Å²) >= 11 is 3.62. The molecule has 0 aliphatic carbocycles. The molecule has 0 atom stereocenters. The molecule has 0 spiro atoms. The van der Waals surface area contributed by atoms with Crippen molar-refractivity contribution >= 4 is 27.3 Å². The first-order valence-electron chi connectivity index (χ1n) is 5.35. The molecule has 1 heterocycles. The van der Waals surface area contributed by atoms with Crippen molar-refractivity contribution in [3.8, 4) is 0 Å². The maximum atomic E-state index is 7.51. The van der Waals surface area contributed by atoms with E-state index >= 15 is 0 Å². The van der Waals surface area contributed by atoms with Crippen molar-refractivity contribution in [1.29, 1.82) is 0 Å². The number of rotatable bonds is 1. The van der Waals surface area contributed by atoms with Gasteiger partial charge in [-0.05, 0) is 28.3 Å². The van der Waals surface area contributed by atoms with E-state index in [0.29, 0.717) is 11.3 Å². The maximum absolute atomic E-state index is 7.51. The number of halogens is 1. The first-order chi connectivity index (χ1) is 6.59. The van der Waals surface area contributed by atoms with Crippen LogP contribution < -0.4 is 0 Å². The van der Waals surface area contributed by atoms with Crippen LogP contribution in [0.1, 0.15) is 21.3 Å². The smallest absolute Gasteiger partial charge is 0.0752 e. The monoisotopic (exact) mass is 197 g/mol. The summed E-state index contributed by atoms with van der Waals surface area (Å²) in [6, 6.07) is -0.258. The summed E-state index contributed by atoms with van der Waals surface area (Å²) in [6.45, 7) is -2.83. The second-order valence-corrected chi connectivity index (χ2v) is 2.71. The topological polar surface area (TPSA) is 0 Å². The van der Waals surface area contributed by atoms with Crippen LogP contribution in [0.5, 0.6) is 0 Å². The van der Waals surface area contributed by atoms with Crippen LogP contribution in [0, 0.1) is 0 Å². The molecule has 2 heteroatoms. The van der Waals surface area contributed by atoms with E-state index < -0.39 is 13.2 Å². The van der Waals surface area contributed by atoms with Crippen molar-refractivity contribution in [3.05, 3.63) is 20.7 Å². The molecule has 0 fully saturated rings. The second kappa shape index (κ2) is 2.65. The van der Waals surface area contributed by atoms with E-state index in [1.165, 1.54) is 0 Å². The van der Waals surface area contributed by atoms with Crippen molar-refractivity contribution in [2.75, 3.05) is 0 Å². The van der Waals surface area contributed by atoms with Gasteiger partial charge in [-0.3, -0.25) is 0 Å². The van der Waals surface area contributed by atoms with Gasteiger partial charge in [0, 0.05) is 21.6 Å². The Bertz CT molecular complexity index is 380. The van der Waals surface area contributed by atoms with Crippen LogP contribution >= 0.6 is 27.3 Å². The Labute approximate surface area is 71.5 Å². The third kappa shape index (κ3) is 1.33. The predicted molar refractivity (Wildman–Crippen MR) is 41.4 cm³/mol.